The summed E-state index contributed by atoms with van der Waals surface area (Å²) in [6.45, 7) is 2.93. The van der Waals surface area contributed by atoms with Crippen LogP contribution in [0.4, 0.5) is 0 Å². The van der Waals surface area contributed by atoms with E-state index in [1.807, 2.05) is 6.07 Å². The monoisotopic (exact) mass is 558 g/mol. The minimum Gasteiger partial charge on any atom is -0.376 e. The molecular weight excluding hydrogens is 530 g/mol. The molecule has 0 bridgehead atoms. The summed E-state index contributed by atoms with van der Waals surface area (Å²) < 4.78 is 11.3. The van der Waals surface area contributed by atoms with Crippen LogP contribution in [-0.2, 0) is 20.9 Å². The van der Waals surface area contributed by atoms with Gasteiger partial charge < -0.3 is 25.0 Å². The molecule has 1 aromatic carbocycles. The molecule has 1 amide bonds. The van der Waals surface area contributed by atoms with Gasteiger partial charge in [0.1, 0.15) is 6.54 Å². The van der Waals surface area contributed by atoms with Gasteiger partial charge in [0.2, 0.25) is 5.91 Å². The van der Waals surface area contributed by atoms with Crippen molar-refractivity contribution in [1.29, 1.82) is 0 Å². The van der Waals surface area contributed by atoms with E-state index in [9.17, 15) is 4.79 Å². The number of hydrogen-bond acceptors (Lipinski definition) is 4. The smallest absolute Gasteiger partial charge is 0.243 e. The molecule has 0 spiro atoms. The number of amides is 1. The Labute approximate surface area is 199 Å². The second kappa shape index (κ2) is 14.2. The zero-order valence-corrected chi connectivity index (χ0v) is 20.6. The van der Waals surface area contributed by atoms with Crippen LogP contribution in [0.25, 0.3) is 0 Å². The summed E-state index contributed by atoms with van der Waals surface area (Å²) in [4.78, 5) is 17.6. The molecule has 0 saturated carbocycles. The van der Waals surface area contributed by atoms with Crippen molar-refractivity contribution in [2.45, 2.75) is 25.6 Å². The Morgan fingerprint density at radius 2 is 2.14 bits per heavy atom. The normalized spacial score (nSPS) is 16.3. The Bertz CT molecular complexity index is 671. The Balaban J connectivity index is 0.00000420. The van der Waals surface area contributed by atoms with Gasteiger partial charge in [0, 0.05) is 43.8 Å². The molecule has 1 aliphatic rings. The van der Waals surface area contributed by atoms with Crippen LogP contribution in [0.15, 0.2) is 23.2 Å². The summed E-state index contributed by atoms with van der Waals surface area (Å²) in [7, 11) is 3.42. The standard InChI is InChI=1S/C19H28Cl2N4O3.HI/c1-25(2)18(26)12-24-19(23-11-16-4-3-8-28-16)22-7-9-27-13-14-5-6-15(20)10-17(14)21;/h5-6,10,16H,3-4,7-9,11-13H2,1-2H3,(H2,22,23,24);1H. The summed E-state index contributed by atoms with van der Waals surface area (Å²) in [5, 5.41) is 7.60. The molecule has 1 aromatic rings. The molecule has 1 unspecified atom stereocenters. The fourth-order valence-electron chi connectivity index (χ4n) is 2.54. The predicted molar refractivity (Wildman–Crippen MR) is 128 cm³/mol. The van der Waals surface area contributed by atoms with Crippen molar-refractivity contribution in [2.24, 2.45) is 4.99 Å². The summed E-state index contributed by atoms with van der Waals surface area (Å²) in [5.41, 5.74) is 0.882. The third-order valence-electron chi connectivity index (χ3n) is 4.20. The number of guanidine groups is 1. The van der Waals surface area contributed by atoms with Gasteiger partial charge in [-0.15, -0.1) is 24.0 Å². The third kappa shape index (κ3) is 10.2. The van der Waals surface area contributed by atoms with Gasteiger partial charge in [-0.3, -0.25) is 4.79 Å². The number of rotatable bonds is 9. The molecule has 10 heteroatoms. The van der Waals surface area contributed by atoms with E-state index in [-0.39, 0.29) is 42.5 Å². The molecule has 164 valence electrons. The number of halogens is 3. The predicted octanol–water partition coefficient (Wildman–Crippen LogP) is 2.93. The van der Waals surface area contributed by atoms with E-state index < -0.39 is 0 Å². The fourth-order valence-corrected chi connectivity index (χ4v) is 3.00. The average Bonchev–Trinajstić information content (AvgIpc) is 3.17. The largest absolute Gasteiger partial charge is 0.376 e. The molecule has 0 radical (unpaired) electrons. The first-order valence-corrected chi connectivity index (χ1v) is 10.1. The van der Waals surface area contributed by atoms with Crippen LogP contribution in [0.3, 0.4) is 0 Å². The number of benzene rings is 1. The van der Waals surface area contributed by atoms with E-state index in [4.69, 9.17) is 32.7 Å². The highest BCUT2D eigenvalue weighted by molar-refractivity contribution is 14.0. The molecule has 1 fully saturated rings. The van der Waals surface area contributed by atoms with Crippen LogP contribution in [0, 0.1) is 0 Å². The van der Waals surface area contributed by atoms with Gasteiger partial charge in [0.15, 0.2) is 5.96 Å². The lowest BCUT2D eigenvalue weighted by atomic mass is 10.2. The number of carbonyl (C=O) groups excluding carboxylic acids is 1. The molecule has 2 N–H and O–H groups in total. The topological polar surface area (TPSA) is 75.2 Å². The second-order valence-corrected chi connectivity index (χ2v) is 7.53. The van der Waals surface area contributed by atoms with Crippen molar-refractivity contribution >= 4 is 59.0 Å². The minimum absolute atomic E-state index is 0. The molecule has 0 aromatic heterocycles. The van der Waals surface area contributed by atoms with Gasteiger partial charge in [-0.05, 0) is 30.5 Å². The van der Waals surface area contributed by atoms with Crippen molar-refractivity contribution in [3.63, 3.8) is 0 Å². The number of nitrogens with zero attached hydrogens (tertiary/aromatic N) is 2. The summed E-state index contributed by atoms with van der Waals surface area (Å²) in [6.07, 6.45) is 2.29. The van der Waals surface area contributed by atoms with Crippen LogP contribution in [0.5, 0.6) is 0 Å². The van der Waals surface area contributed by atoms with E-state index in [0.717, 1.165) is 25.0 Å². The van der Waals surface area contributed by atoms with E-state index in [2.05, 4.69) is 15.6 Å². The fraction of sp³-hybridized carbons (Fsp3) is 0.579. The molecule has 1 aliphatic heterocycles. The van der Waals surface area contributed by atoms with E-state index >= 15 is 0 Å². The maximum Gasteiger partial charge on any atom is 0.243 e. The third-order valence-corrected chi connectivity index (χ3v) is 4.79. The molecule has 1 heterocycles. The number of nitrogens with one attached hydrogen (secondary N) is 2. The van der Waals surface area contributed by atoms with Crippen molar-refractivity contribution < 1.29 is 14.3 Å². The second-order valence-electron chi connectivity index (χ2n) is 6.68. The molecule has 1 saturated heterocycles. The number of likely N-dealkylation sites (N-methyl/N-ethyl adjacent to an activating group) is 1. The molecular formula is C19H29Cl2IN4O3. The number of ether oxygens (including phenoxy) is 2. The van der Waals surface area contributed by atoms with Gasteiger partial charge in [-0.1, -0.05) is 29.3 Å². The summed E-state index contributed by atoms with van der Waals surface area (Å²) in [5.74, 6) is 0.505. The van der Waals surface area contributed by atoms with Crippen molar-refractivity contribution in [3.05, 3.63) is 33.8 Å². The van der Waals surface area contributed by atoms with Crippen LogP contribution in [0.1, 0.15) is 18.4 Å². The van der Waals surface area contributed by atoms with Crippen LogP contribution < -0.4 is 10.6 Å². The number of carbonyl (C=O) groups is 1. The lowest BCUT2D eigenvalue weighted by molar-refractivity contribution is -0.127. The van der Waals surface area contributed by atoms with E-state index in [1.54, 1.807) is 26.2 Å². The highest BCUT2D eigenvalue weighted by Crippen LogP contribution is 2.21. The van der Waals surface area contributed by atoms with Crippen molar-refractivity contribution in [3.8, 4) is 0 Å². The molecule has 29 heavy (non-hydrogen) atoms. The highest BCUT2D eigenvalue weighted by Gasteiger charge is 2.15. The first-order valence-electron chi connectivity index (χ1n) is 9.31. The van der Waals surface area contributed by atoms with Gasteiger partial charge in [-0.2, -0.15) is 0 Å². The quantitative estimate of drug-likeness (QED) is 0.211. The zero-order chi connectivity index (χ0) is 20.4. The molecule has 0 aliphatic carbocycles. The summed E-state index contributed by atoms with van der Waals surface area (Å²) in [6, 6.07) is 5.33. The molecule has 7 nitrogen and oxygen atoms in total. The number of hydrogen-bond donors (Lipinski definition) is 2. The van der Waals surface area contributed by atoms with Gasteiger partial charge in [0.25, 0.3) is 0 Å². The van der Waals surface area contributed by atoms with Crippen molar-refractivity contribution in [2.75, 3.05) is 46.9 Å². The lowest BCUT2D eigenvalue weighted by Gasteiger charge is -2.16. The van der Waals surface area contributed by atoms with Crippen LogP contribution >= 0.6 is 47.2 Å². The zero-order valence-electron chi connectivity index (χ0n) is 16.7. The Kier molecular flexibility index (Phi) is 12.9. The van der Waals surface area contributed by atoms with Crippen molar-refractivity contribution in [1.82, 2.24) is 15.5 Å². The van der Waals surface area contributed by atoms with Gasteiger partial charge in [-0.25, -0.2) is 4.99 Å². The maximum absolute atomic E-state index is 11.8. The molecule has 1 atom stereocenters. The highest BCUT2D eigenvalue weighted by atomic mass is 127. The first kappa shape index (κ1) is 26.2. The Morgan fingerprint density at radius 3 is 2.79 bits per heavy atom. The lowest BCUT2D eigenvalue weighted by Crippen LogP contribution is -2.43. The Morgan fingerprint density at radius 1 is 1.34 bits per heavy atom. The first-order chi connectivity index (χ1) is 13.5. The van der Waals surface area contributed by atoms with E-state index in [0.29, 0.717) is 42.3 Å². The van der Waals surface area contributed by atoms with Gasteiger partial charge >= 0.3 is 0 Å². The molecule has 2 rings (SSSR count). The van der Waals surface area contributed by atoms with Crippen LogP contribution in [-0.4, -0.2) is 69.8 Å². The minimum atomic E-state index is -0.0631. The van der Waals surface area contributed by atoms with Crippen LogP contribution in [0.2, 0.25) is 10.0 Å². The average molecular weight is 559 g/mol. The van der Waals surface area contributed by atoms with E-state index in [1.165, 1.54) is 4.90 Å². The summed E-state index contributed by atoms with van der Waals surface area (Å²) >= 11 is 12.0. The Hall–Kier alpha value is -0.810. The number of aliphatic imine (C=N–C) groups is 1. The van der Waals surface area contributed by atoms with Gasteiger partial charge in [0.05, 0.1) is 19.3 Å². The SMILES string of the molecule is CN(C)C(=O)CN=C(NCCOCc1ccc(Cl)cc1Cl)NCC1CCCO1.I. The maximum atomic E-state index is 11.8.